The molecular weight excluding hydrogens is 320 g/mol. The molecule has 0 aliphatic rings. The second kappa shape index (κ2) is 7.50. The van der Waals surface area contributed by atoms with E-state index in [1.165, 1.54) is 13.3 Å². The van der Waals surface area contributed by atoms with Crippen molar-refractivity contribution >= 4 is 34.2 Å². The number of rotatable bonds is 5. The lowest BCUT2D eigenvalue weighted by Gasteiger charge is -2.08. The first-order valence-electron chi connectivity index (χ1n) is 7.58. The number of para-hydroxylation sites is 2. The third-order valence-corrected chi connectivity index (χ3v) is 3.36. The van der Waals surface area contributed by atoms with Gasteiger partial charge in [0.15, 0.2) is 0 Å². The number of anilines is 2. The van der Waals surface area contributed by atoms with E-state index in [9.17, 15) is 9.59 Å². The van der Waals surface area contributed by atoms with Gasteiger partial charge in [-0.2, -0.15) is 0 Å². The lowest BCUT2D eigenvalue weighted by Crippen LogP contribution is -2.17. The molecule has 0 aliphatic heterocycles. The summed E-state index contributed by atoms with van der Waals surface area (Å²) in [7, 11) is 1.45. The number of methoxy groups -OCH3 is 1. The molecule has 7 heteroatoms. The highest BCUT2D eigenvalue weighted by molar-refractivity contribution is 6.04. The van der Waals surface area contributed by atoms with Crippen LogP contribution in [-0.4, -0.2) is 35.5 Å². The molecule has 0 saturated carbocycles. The van der Waals surface area contributed by atoms with Gasteiger partial charge in [0, 0.05) is 18.5 Å². The molecule has 0 radical (unpaired) electrons. The van der Waals surface area contributed by atoms with Gasteiger partial charge >= 0.3 is 0 Å². The number of hydrogen-bond donors (Lipinski definition) is 2. The first kappa shape index (κ1) is 16.5. The zero-order valence-electron chi connectivity index (χ0n) is 13.5. The number of ether oxygens (including phenoxy) is 1. The van der Waals surface area contributed by atoms with Crippen LogP contribution < -0.4 is 10.6 Å². The van der Waals surface area contributed by atoms with Crippen molar-refractivity contribution in [2.75, 3.05) is 24.4 Å². The zero-order valence-corrected chi connectivity index (χ0v) is 13.5. The zero-order chi connectivity index (χ0) is 17.6. The molecular formula is C18H16N4O3. The molecule has 126 valence electrons. The molecule has 0 saturated heterocycles. The van der Waals surface area contributed by atoms with Crippen LogP contribution in [0.1, 0.15) is 10.5 Å². The van der Waals surface area contributed by atoms with E-state index in [1.807, 2.05) is 18.2 Å². The minimum atomic E-state index is -0.376. The number of nitrogens with zero attached hydrogens (tertiary/aromatic N) is 2. The van der Waals surface area contributed by atoms with Crippen LogP contribution in [0, 0.1) is 0 Å². The Morgan fingerprint density at radius 1 is 1.00 bits per heavy atom. The topological polar surface area (TPSA) is 93.2 Å². The molecule has 0 aliphatic carbocycles. The van der Waals surface area contributed by atoms with Crippen LogP contribution in [0.3, 0.4) is 0 Å². The molecule has 2 amide bonds. The van der Waals surface area contributed by atoms with E-state index in [0.717, 1.165) is 5.52 Å². The van der Waals surface area contributed by atoms with Crippen molar-refractivity contribution < 1.29 is 14.3 Å². The number of fused-ring (bicyclic) bond motifs is 1. The van der Waals surface area contributed by atoms with Crippen LogP contribution in [-0.2, 0) is 9.53 Å². The molecule has 2 aromatic carbocycles. The molecule has 3 aromatic rings. The molecule has 25 heavy (non-hydrogen) atoms. The molecule has 7 nitrogen and oxygen atoms in total. The second-order valence-corrected chi connectivity index (χ2v) is 5.26. The Morgan fingerprint density at radius 2 is 1.72 bits per heavy atom. The maximum Gasteiger partial charge on any atom is 0.275 e. The first-order chi connectivity index (χ1) is 12.2. The van der Waals surface area contributed by atoms with Gasteiger partial charge in [0.1, 0.15) is 12.3 Å². The first-order valence-corrected chi connectivity index (χ1v) is 7.58. The fraction of sp³-hybridized carbons (Fsp3) is 0.111. The molecule has 0 spiro atoms. The van der Waals surface area contributed by atoms with E-state index in [-0.39, 0.29) is 24.1 Å². The predicted molar refractivity (Wildman–Crippen MR) is 94.4 cm³/mol. The highest BCUT2D eigenvalue weighted by Gasteiger charge is 2.10. The van der Waals surface area contributed by atoms with E-state index in [4.69, 9.17) is 4.74 Å². The third-order valence-electron chi connectivity index (χ3n) is 3.36. The number of amides is 2. The lowest BCUT2D eigenvalue weighted by molar-refractivity contribution is -0.119. The van der Waals surface area contributed by atoms with Gasteiger partial charge in [0.25, 0.3) is 5.91 Å². The summed E-state index contributed by atoms with van der Waals surface area (Å²) in [6.07, 6.45) is 1.43. The standard InChI is InChI=1S/C18H16N4O3/c1-25-11-17(23)20-12-5-4-6-13(9-12)21-18(24)16-10-19-14-7-2-3-8-15(14)22-16/h2-10H,11H2,1H3,(H,20,23)(H,21,24). The fourth-order valence-corrected chi connectivity index (χ4v) is 2.26. The van der Waals surface area contributed by atoms with Crippen molar-refractivity contribution in [3.63, 3.8) is 0 Å². The Labute approximate surface area is 144 Å². The second-order valence-electron chi connectivity index (χ2n) is 5.26. The van der Waals surface area contributed by atoms with Gasteiger partial charge < -0.3 is 15.4 Å². The van der Waals surface area contributed by atoms with Crippen LogP contribution in [0.2, 0.25) is 0 Å². The highest BCUT2D eigenvalue weighted by atomic mass is 16.5. The normalized spacial score (nSPS) is 10.4. The molecule has 0 bridgehead atoms. The Balaban J connectivity index is 1.74. The molecule has 2 N–H and O–H groups in total. The summed E-state index contributed by atoms with van der Waals surface area (Å²) >= 11 is 0. The van der Waals surface area contributed by atoms with Gasteiger partial charge in [-0.25, -0.2) is 4.98 Å². The SMILES string of the molecule is COCC(=O)Nc1cccc(NC(=O)c2cnc3ccccc3n2)c1. The van der Waals surface area contributed by atoms with E-state index in [2.05, 4.69) is 20.6 Å². The van der Waals surface area contributed by atoms with Crippen molar-refractivity contribution in [1.82, 2.24) is 9.97 Å². The average molecular weight is 336 g/mol. The van der Waals surface area contributed by atoms with Crippen molar-refractivity contribution in [3.05, 3.63) is 60.4 Å². The minimum Gasteiger partial charge on any atom is -0.375 e. The number of carbonyl (C=O) groups is 2. The quantitative estimate of drug-likeness (QED) is 0.746. The highest BCUT2D eigenvalue weighted by Crippen LogP contribution is 2.16. The summed E-state index contributed by atoms with van der Waals surface area (Å²) in [5, 5.41) is 5.42. The molecule has 1 heterocycles. The van der Waals surface area contributed by atoms with E-state index in [0.29, 0.717) is 16.9 Å². The predicted octanol–water partition coefficient (Wildman–Crippen LogP) is 2.47. The molecule has 0 unspecified atom stereocenters. The number of carbonyl (C=O) groups excluding carboxylic acids is 2. The maximum atomic E-state index is 12.4. The molecule has 0 atom stereocenters. The van der Waals surface area contributed by atoms with Gasteiger partial charge in [0.05, 0.1) is 17.2 Å². The van der Waals surface area contributed by atoms with Crippen LogP contribution >= 0.6 is 0 Å². The van der Waals surface area contributed by atoms with Gasteiger partial charge in [-0.1, -0.05) is 18.2 Å². The average Bonchev–Trinajstić information content (AvgIpc) is 2.61. The summed E-state index contributed by atoms with van der Waals surface area (Å²) in [4.78, 5) is 32.5. The smallest absolute Gasteiger partial charge is 0.275 e. The summed E-state index contributed by atoms with van der Waals surface area (Å²) in [5.41, 5.74) is 2.68. The minimum absolute atomic E-state index is 0.0384. The van der Waals surface area contributed by atoms with E-state index in [1.54, 1.807) is 30.3 Å². The summed E-state index contributed by atoms with van der Waals surface area (Å²) in [6, 6.07) is 14.1. The van der Waals surface area contributed by atoms with Crippen LogP contribution in [0.25, 0.3) is 11.0 Å². The van der Waals surface area contributed by atoms with E-state index < -0.39 is 0 Å². The lowest BCUT2D eigenvalue weighted by atomic mass is 10.2. The summed E-state index contributed by atoms with van der Waals surface area (Å²) < 4.78 is 4.77. The molecule has 0 fully saturated rings. The summed E-state index contributed by atoms with van der Waals surface area (Å²) in [6.45, 7) is -0.0384. The van der Waals surface area contributed by atoms with Crippen LogP contribution in [0.5, 0.6) is 0 Å². The fourth-order valence-electron chi connectivity index (χ4n) is 2.26. The van der Waals surface area contributed by atoms with Crippen molar-refractivity contribution in [1.29, 1.82) is 0 Å². The van der Waals surface area contributed by atoms with Gasteiger partial charge in [0.2, 0.25) is 5.91 Å². The Kier molecular flexibility index (Phi) is 4.96. The Morgan fingerprint density at radius 3 is 2.48 bits per heavy atom. The maximum absolute atomic E-state index is 12.4. The van der Waals surface area contributed by atoms with Crippen LogP contribution in [0.15, 0.2) is 54.7 Å². The number of nitrogens with one attached hydrogen (secondary N) is 2. The largest absolute Gasteiger partial charge is 0.375 e. The van der Waals surface area contributed by atoms with Crippen LogP contribution in [0.4, 0.5) is 11.4 Å². The number of benzene rings is 2. The number of hydrogen-bond acceptors (Lipinski definition) is 5. The van der Waals surface area contributed by atoms with Crippen molar-refractivity contribution in [2.45, 2.75) is 0 Å². The Bertz CT molecular complexity index is 927. The van der Waals surface area contributed by atoms with E-state index >= 15 is 0 Å². The number of aromatic nitrogens is 2. The van der Waals surface area contributed by atoms with Gasteiger partial charge in [-0.3, -0.25) is 14.6 Å². The van der Waals surface area contributed by atoms with Gasteiger partial charge in [-0.05, 0) is 30.3 Å². The molecule has 3 rings (SSSR count). The third kappa shape index (κ3) is 4.15. The molecule has 1 aromatic heterocycles. The van der Waals surface area contributed by atoms with Crippen molar-refractivity contribution in [3.8, 4) is 0 Å². The monoisotopic (exact) mass is 336 g/mol. The van der Waals surface area contributed by atoms with Crippen molar-refractivity contribution in [2.24, 2.45) is 0 Å². The Hall–Kier alpha value is -3.32. The summed E-state index contributed by atoms with van der Waals surface area (Å²) in [5.74, 6) is -0.648. The van der Waals surface area contributed by atoms with Gasteiger partial charge in [-0.15, -0.1) is 0 Å².